The van der Waals surface area contributed by atoms with E-state index in [0.717, 1.165) is 0 Å². The predicted octanol–water partition coefficient (Wildman–Crippen LogP) is 5.20. The molecule has 1 unspecified atom stereocenters. The third-order valence-corrected chi connectivity index (χ3v) is 8.66. The van der Waals surface area contributed by atoms with Crippen molar-refractivity contribution in [2.45, 2.75) is 39.3 Å². The van der Waals surface area contributed by atoms with Crippen LogP contribution in [0.2, 0.25) is 0 Å². The van der Waals surface area contributed by atoms with Crippen molar-refractivity contribution >= 4 is 43.9 Å². The first kappa shape index (κ1) is 28.6. The molecule has 0 saturated heterocycles. The molecule has 1 atom stereocenters. The average Bonchev–Trinajstić information content (AvgIpc) is 3.62. The van der Waals surface area contributed by atoms with E-state index in [-0.39, 0.29) is 41.0 Å². The van der Waals surface area contributed by atoms with Crippen LogP contribution in [-0.4, -0.2) is 35.1 Å². The maximum atomic E-state index is 14.1. The zero-order valence-electron chi connectivity index (χ0n) is 24.1. The number of halogens is 1. The first-order valence-electron chi connectivity index (χ1n) is 14.1. The number of rotatable bonds is 6. The minimum absolute atomic E-state index is 0.0252. The Balaban J connectivity index is 1.32. The van der Waals surface area contributed by atoms with Crippen molar-refractivity contribution in [1.82, 2.24) is 24.4 Å². The number of carbonyl (C=O) groups is 1. The third-order valence-electron chi connectivity index (χ3n) is 8.16. The van der Waals surface area contributed by atoms with Crippen molar-refractivity contribution < 1.29 is 14.5 Å². The molecule has 12 nitrogen and oxygen atoms in total. The summed E-state index contributed by atoms with van der Waals surface area (Å²) in [7, 11) is 0. The van der Waals surface area contributed by atoms with Gasteiger partial charge in [-0.3, -0.25) is 24.5 Å². The highest BCUT2D eigenvalue weighted by Gasteiger charge is 2.45. The molecular weight excluding hydrogens is 644 g/mol. The van der Waals surface area contributed by atoms with Gasteiger partial charge >= 0.3 is 0 Å². The molecule has 7 rings (SSSR count). The Morgan fingerprint density at radius 2 is 1.76 bits per heavy atom. The van der Waals surface area contributed by atoms with Crippen LogP contribution < -0.4 is 15.9 Å². The number of non-ortho nitro benzene ring substituents is 1. The van der Waals surface area contributed by atoms with E-state index >= 15 is 0 Å². The van der Waals surface area contributed by atoms with Crippen LogP contribution in [0, 0.1) is 15.5 Å². The first-order valence-corrected chi connectivity index (χ1v) is 14.9. The number of allylic oxidation sites excluding steroid dienone is 2. The standard InChI is InChI=1S/C32H25BrN6O6/c1-32(2)14-25-28(26(40)15-32)29(38-31(42)23-9-4-3-8-22(23)30(41)37(25)38)24-12-18(33)10-11-27(24)45-17-19-16-36(35-34-19)20-6-5-7-21(13-20)39(43)44/h3-13,16,29H,14-15,17H2,1-2H3. The van der Waals surface area contributed by atoms with Crippen molar-refractivity contribution in [3.8, 4) is 11.4 Å². The Morgan fingerprint density at radius 3 is 2.51 bits per heavy atom. The van der Waals surface area contributed by atoms with Gasteiger partial charge in [-0.2, -0.15) is 0 Å². The third kappa shape index (κ3) is 4.79. The Morgan fingerprint density at radius 1 is 1.00 bits per heavy atom. The van der Waals surface area contributed by atoms with Crippen molar-refractivity contribution in [2.24, 2.45) is 5.41 Å². The highest BCUT2D eigenvalue weighted by atomic mass is 79.9. The number of fused-ring (bicyclic) bond motifs is 3. The number of benzene rings is 3. The summed E-state index contributed by atoms with van der Waals surface area (Å²) in [5.41, 5.74) is 1.14. The van der Waals surface area contributed by atoms with Crippen molar-refractivity contribution in [1.29, 1.82) is 0 Å². The summed E-state index contributed by atoms with van der Waals surface area (Å²) in [6.07, 6.45) is 2.31. The summed E-state index contributed by atoms with van der Waals surface area (Å²) in [5.74, 6) is 0.259. The summed E-state index contributed by atoms with van der Waals surface area (Å²) < 4.78 is 11.1. The molecule has 45 heavy (non-hydrogen) atoms. The van der Waals surface area contributed by atoms with E-state index < -0.39 is 16.4 Å². The maximum Gasteiger partial charge on any atom is 0.277 e. The summed E-state index contributed by atoms with van der Waals surface area (Å²) in [4.78, 5) is 52.6. The number of aromatic nitrogens is 5. The molecule has 0 spiro atoms. The van der Waals surface area contributed by atoms with Gasteiger partial charge in [0.25, 0.3) is 16.8 Å². The van der Waals surface area contributed by atoms with Crippen LogP contribution in [0.15, 0.2) is 92.6 Å². The largest absolute Gasteiger partial charge is 0.487 e. The van der Waals surface area contributed by atoms with Crippen LogP contribution in [0.5, 0.6) is 5.75 Å². The first-order chi connectivity index (χ1) is 21.5. The summed E-state index contributed by atoms with van der Waals surface area (Å²) >= 11 is 3.53. The molecule has 13 heteroatoms. The molecule has 2 aliphatic rings. The zero-order valence-corrected chi connectivity index (χ0v) is 25.7. The van der Waals surface area contributed by atoms with Gasteiger partial charge in [-0.05, 0) is 48.2 Å². The lowest BCUT2D eigenvalue weighted by atomic mass is 9.74. The van der Waals surface area contributed by atoms with Gasteiger partial charge in [0.1, 0.15) is 24.1 Å². The summed E-state index contributed by atoms with van der Waals surface area (Å²) in [6, 6.07) is 17.1. The molecule has 1 aliphatic heterocycles. The molecule has 3 heterocycles. The summed E-state index contributed by atoms with van der Waals surface area (Å²) in [6.45, 7) is 3.93. The Kier molecular flexibility index (Phi) is 6.66. The molecule has 0 saturated carbocycles. The molecule has 1 aliphatic carbocycles. The Bertz CT molecular complexity index is 2230. The Labute approximate surface area is 263 Å². The number of Topliss-reactive ketones (excluding diaryl/α,β-unsaturated/α-hetero) is 1. The van der Waals surface area contributed by atoms with Gasteiger partial charge in [-0.15, -0.1) is 5.10 Å². The van der Waals surface area contributed by atoms with Crippen LogP contribution in [0.3, 0.4) is 0 Å². The number of ketones is 1. The lowest BCUT2D eigenvalue weighted by Crippen LogP contribution is -2.37. The van der Waals surface area contributed by atoms with Gasteiger partial charge in [-0.1, -0.05) is 53.2 Å². The van der Waals surface area contributed by atoms with Crippen LogP contribution >= 0.6 is 15.9 Å². The number of carbonyl (C=O) groups excluding carboxylic acids is 1. The molecule has 2 aromatic heterocycles. The van der Waals surface area contributed by atoms with Gasteiger partial charge in [0, 0.05) is 34.2 Å². The van der Waals surface area contributed by atoms with E-state index in [2.05, 4.69) is 26.2 Å². The number of nitro benzene ring substituents is 1. The molecule has 0 N–H and O–H groups in total. The summed E-state index contributed by atoms with van der Waals surface area (Å²) in [5, 5.41) is 20.0. The normalized spacial score (nSPS) is 17.0. The molecule has 5 aromatic rings. The topological polar surface area (TPSA) is 144 Å². The predicted molar refractivity (Wildman–Crippen MR) is 168 cm³/mol. The minimum atomic E-state index is -0.901. The molecule has 0 radical (unpaired) electrons. The highest BCUT2D eigenvalue weighted by molar-refractivity contribution is 9.10. The van der Waals surface area contributed by atoms with Crippen molar-refractivity contribution in [3.05, 3.63) is 125 Å². The fourth-order valence-electron chi connectivity index (χ4n) is 6.23. The number of hydrogen-bond acceptors (Lipinski definition) is 8. The number of hydrogen-bond donors (Lipinski definition) is 0. The van der Waals surface area contributed by atoms with Gasteiger partial charge in [0.15, 0.2) is 5.78 Å². The molecule has 0 amide bonds. The van der Waals surface area contributed by atoms with E-state index in [9.17, 15) is 24.5 Å². The molecular formula is C32H25BrN6O6. The van der Waals surface area contributed by atoms with Crippen LogP contribution in [0.25, 0.3) is 22.2 Å². The Hall–Kier alpha value is -5.17. The monoisotopic (exact) mass is 668 g/mol. The minimum Gasteiger partial charge on any atom is -0.487 e. The smallest absolute Gasteiger partial charge is 0.277 e. The van der Waals surface area contributed by atoms with E-state index in [1.165, 1.54) is 26.2 Å². The van der Waals surface area contributed by atoms with Crippen LogP contribution in [-0.2, 0) is 11.4 Å². The fourth-order valence-corrected chi connectivity index (χ4v) is 6.61. The van der Waals surface area contributed by atoms with E-state index in [1.54, 1.807) is 60.8 Å². The van der Waals surface area contributed by atoms with Gasteiger partial charge < -0.3 is 4.74 Å². The fraction of sp³-hybridized carbons (Fsp3) is 0.219. The van der Waals surface area contributed by atoms with Crippen LogP contribution in [0.1, 0.15) is 44.0 Å². The second-order valence-electron chi connectivity index (χ2n) is 11.9. The molecule has 0 fully saturated rings. The highest BCUT2D eigenvalue weighted by Crippen LogP contribution is 2.48. The van der Waals surface area contributed by atoms with Gasteiger partial charge in [0.05, 0.1) is 33.3 Å². The van der Waals surface area contributed by atoms with Crippen molar-refractivity contribution in [3.63, 3.8) is 0 Å². The number of ether oxygens (including phenoxy) is 1. The molecule has 226 valence electrons. The second-order valence-corrected chi connectivity index (χ2v) is 12.8. The SMILES string of the molecule is CC1(C)CC(=O)C2=C(C1)n1c(=O)c3ccccc3c(=O)n1C2c1cc(Br)ccc1OCc1cn(-c2cccc([N+](=O)[O-])c2)nn1. The second kappa shape index (κ2) is 10.5. The van der Waals surface area contributed by atoms with E-state index in [0.29, 0.717) is 50.2 Å². The van der Waals surface area contributed by atoms with Gasteiger partial charge in [-0.25, -0.2) is 14.0 Å². The van der Waals surface area contributed by atoms with Crippen molar-refractivity contribution in [2.75, 3.05) is 0 Å². The number of nitrogens with zero attached hydrogens (tertiary/aromatic N) is 6. The molecule has 0 bridgehead atoms. The van der Waals surface area contributed by atoms with Crippen LogP contribution in [0.4, 0.5) is 5.69 Å². The quantitative estimate of drug-likeness (QED) is 0.177. The van der Waals surface area contributed by atoms with E-state index in [4.69, 9.17) is 4.74 Å². The lowest BCUT2D eigenvalue weighted by Gasteiger charge is -2.30. The zero-order chi connectivity index (χ0) is 31.6. The average molecular weight is 669 g/mol. The maximum absolute atomic E-state index is 14.1. The molecule has 3 aromatic carbocycles. The van der Waals surface area contributed by atoms with Gasteiger partial charge in [0.2, 0.25) is 0 Å². The van der Waals surface area contributed by atoms with E-state index in [1.807, 2.05) is 13.8 Å². The lowest BCUT2D eigenvalue weighted by molar-refractivity contribution is -0.384. The number of nitro groups is 1.